The van der Waals surface area contributed by atoms with Crippen LogP contribution in [-0.2, 0) is 26.2 Å². The Balaban J connectivity index is 2.19. The van der Waals surface area contributed by atoms with Gasteiger partial charge in [0.1, 0.15) is 11.8 Å². The van der Waals surface area contributed by atoms with Crippen molar-refractivity contribution in [1.82, 2.24) is 10.2 Å². The Morgan fingerprint density at radius 3 is 2.19 bits per heavy atom. The Kier molecular flexibility index (Phi) is 11.7. The zero-order valence-corrected chi connectivity index (χ0v) is 23.8. The average molecular weight is 552 g/mol. The fourth-order valence-electron chi connectivity index (χ4n) is 3.88. The van der Waals surface area contributed by atoms with E-state index in [1.54, 1.807) is 41.3 Å². The van der Waals surface area contributed by atoms with E-state index in [0.717, 1.165) is 11.8 Å². The van der Waals surface area contributed by atoms with Crippen LogP contribution in [0.5, 0.6) is 5.75 Å². The Labute approximate surface area is 226 Å². The Bertz CT molecular complexity index is 1120. The number of nitrogens with zero attached hydrogens (tertiary/aromatic N) is 2. The summed E-state index contributed by atoms with van der Waals surface area (Å²) >= 11 is 6.02. The van der Waals surface area contributed by atoms with E-state index in [9.17, 15) is 18.0 Å². The molecule has 0 fully saturated rings. The minimum Gasteiger partial charge on any atom is -0.497 e. The first-order valence-corrected chi connectivity index (χ1v) is 14.6. The lowest BCUT2D eigenvalue weighted by Crippen LogP contribution is -2.49. The first-order valence-electron chi connectivity index (χ1n) is 12.4. The third-order valence-electron chi connectivity index (χ3n) is 5.85. The van der Waals surface area contributed by atoms with Gasteiger partial charge in [-0.3, -0.25) is 13.9 Å². The van der Waals surface area contributed by atoms with E-state index in [-0.39, 0.29) is 37.2 Å². The van der Waals surface area contributed by atoms with Gasteiger partial charge in [0.05, 0.1) is 19.1 Å². The van der Waals surface area contributed by atoms with E-state index < -0.39 is 16.1 Å². The van der Waals surface area contributed by atoms with Crippen LogP contribution in [0.2, 0.25) is 5.02 Å². The van der Waals surface area contributed by atoms with E-state index in [1.165, 1.54) is 11.4 Å². The van der Waals surface area contributed by atoms with Gasteiger partial charge in [0.25, 0.3) is 0 Å². The zero-order chi connectivity index (χ0) is 27.6. The highest BCUT2D eigenvalue weighted by Gasteiger charge is 2.29. The molecule has 0 unspecified atom stereocenters. The van der Waals surface area contributed by atoms with Crippen molar-refractivity contribution in [1.29, 1.82) is 0 Å². The maximum atomic E-state index is 13.4. The van der Waals surface area contributed by atoms with Crippen molar-refractivity contribution >= 4 is 39.1 Å². The van der Waals surface area contributed by atoms with Crippen molar-refractivity contribution in [3.05, 3.63) is 59.1 Å². The van der Waals surface area contributed by atoms with Crippen molar-refractivity contribution in [2.45, 2.75) is 52.6 Å². The predicted octanol–water partition coefficient (Wildman–Crippen LogP) is 4.47. The van der Waals surface area contributed by atoms with Crippen molar-refractivity contribution in [3.8, 4) is 5.75 Å². The van der Waals surface area contributed by atoms with Crippen LogP contribution < -0.4 is 14.4 Å². The number of carbonyl (C=O) groups excluding carboxylic acids is 2. The molecule has 1 N–H and O–H groups in total. The number of halogens is 1. The van der Waals surface area contributed by atoms with Gasteiger partial charge in [-0.25, -0.2) is 8.42 Å². The molecule has 0 aromatic heterocycles. The third kappa shape index (κ3) is 9.55. The summed E-state index contributed by atoms with van der Waals surface area (Å²) in [6.07, 6.45) is 1.96. The summed E-state index contributed by atoms with van der Waals surface area (Å²) in [5.74, 6) is 0.479. The number of methoxy groups -OCH3 is 1. The number of hydrogen-bond donors (Lipinski definition) is 1. The summed E-state index contributed by atoms with van der Waals surface area (Å²) in [4.78, 5) is 28.0. The van der Waals surface area contributed by atoms with Crippen molar-refractivity contribution in [2.24, 2.45) is 5.92 Å². The molecule has 0 saturated heterocycles. The maximum absolute atomic E-state index is 13.4. The molecule has 8 nitrogen and oxygen atoms in total. The lowest BCUT2D eigenvalue weighted by atomic mass is 10.1. The van der Waals surface area contributed by atoms with Crippen LogP contribution in [-0.4, -0.2) is 57.6 Å². The predicted molar refractivity (Wildman–Crippen MR) is 148 cm³/mol. The molecule has 204 valence electrons. The van der Waals surface area contributed by atoms with E-state index >= 15 is 0 Å². The van der Waals surface area contributed by atoms with Crippen molar-refractivity contribution in [2.75, 3.05) is 30.8 Å². The standard InChI is InChI=1S/C27H38ClN3O5S/c1-6-25(27(33)29-18-20(2)3)30(19-21-9-11-22(28)12-10-21)26(32)8-7-17-31(37(5,34)35)23-13-15-24(36-4)16-14-23/h9-16,20,25H,6-8,17-19H2,1-5H3,(H,29,33)/t25-/m1/s1. The molecule has 2 aromatic rings. The van der Waals surface area contributed by atoms with E-state index in [4.69, 9.17) is 16.3 Å². The quantitative estimate of drug-likeness (QED) is 0.373. The molecule has 1 atom stereocenters. The van der Waals surface area contributed by atoms with Gasteiger partial charge in [-0.1, -0.05) is 44.5 Å². The van der Waals surface area contributed by atoms with Gasteiger partial charge >= 0.3 is 0 Å². The number of nitrogens with one attached hydrogen (secondary N) is 1. The molecule has 10 heteroatoms. The Morgan fingerprint density at radius 1 is 1.05 bits per heavy atom. The molecule has 0 aliphatic heterocycles. The summed E-state index contributed by atoms with van der Waals surface area (Å²) in [6, 6.07) is 13.2. The molecular formula is C27H38ClN3O5S. The van der Waals surface area contributed by atoms with Crippen LogP contribution in [0.1, 0.15) is 45.6 Å². The summed E-state index contributed by atoms with van der Waals surface area (Å²) in [7, 11) is -2.03. The summed E-state index contributed by atoms with van der Waals surface area (Å²) < 4.78 is 31.4. The average Bonchev–Trinajstić information content (AvgIpc) is 2.85. The molecule has 37 heavy (non-hydrogen) atoms. The maximum Gasteiger partial charge on any atom is 0.242 e. The highest BCUT2D eigenvalue weighted by Crippen LogP contribution is 2.23. The molecule has 0 spiro atoms. The van der Waals surface area contributed by atoms with Crippen LogP contribution in [0.15, 0.2) is 48.5 Å². The summed E-state index contributed by atoms with van der Waals surface area (Å²) in [5.41, 5.74) is 1.34. The number of carbonyl (C=O) groups is 2. The minimum absolute atomic E-state index is 0.0870. The van der Waals surface area contributed by atoms with Gasteiger partial charge in [-0.05, 0) is 60.7 Å². The van der Waals surface area contributed by atoms with Gasteiger partial charge in [-0.2, -0.15) is 0 Å². The molecule has 2 aromatic carbocycles. The molecule has 0 radical (unpaired) electrons. The Hall–Kier alpha value is -2.78. The SMILES string of the molecule is CC[C@H](C(=O)NCC(C)C)N(Cc1ccc(Cl)cc1)C(=O)CCCN(c1ccc(OC)cc1)S(C)(=O)=O. The monoisotopic (exact) mass is 551 g/mol. The molecule has 2 amide bonds. The lowest BCUT2D eigenvalue weighted by molar-refractivity contribution is -0.141. The second kappa shape index (κ2) is 14.2. The third-order valence-corrected chi connectivity index (χ3v) is 7.30. The van der Waals surface area contributed by atoms with Gasteiger partial charge in [0, 0.05) is 31.1 Å². The number of amides is 2. The smallest absolute Gasteiger partial charge is 0.242 e. The molecule has 0 bridgehead atoms. The number of rotatable bonds is 14. The van der Waals surface area contributed by atoms with Crippen LogP contribution in [0.25, 0.3) is 0 Å². The molecule has 0 aliphatic carbocycles. The van der Waals surface area contributed by atoms with Crippen molar-refractivity contribution in [3.63, 3.8) is 0 Å². The normalized spacial score (nSPS) is 12.2. The van der Waals surface area contributed by atoms with E-state index in [1.807, 2.05) is 32.9 Å². The van der Waals surface area contributed by atoms with Gasteiger partial charge in [0.2, 0.25) is 21.8 Å². The fourth-order valence-corrected chi connectivity index (χ4v) is 4.97. The largest absolute Gasteiger partial charge is 0.497 e. The Morgan fingerprint density at radius 2 is 1.68 bits per heavy atom. The van der Waals surface area contributed by atoms with Crippen LogP contribution in [0, 0.1) is 5.92 Å². The highest BCUT2D eigenvalue weighted by atomic mass is 35.5. The molecule has 0 aliphatic rings. The van der Waals surface area contributed by atoms with Crippen LogP contribution in [0.3, 0.4) is 0 Å². The molecule has 0 saturated carbocycles. The second-order valence-electron chi connectivity index (χ2n) is 9.35. The fraction of sp³-hybridized carbons (Fsp3) is 0.481. The van der Waals surface area contributed by atoms with E-state index in [2.05, 4.69) is 5.32 Å². The van der Waals surface area contributed by atoms with Gasteiger partial charge in [-0.15, -0.1) is 0 Å². The highest BCUT2D eigenvalue weighted by molar-refractivity contribution is 7.92. The van der Waals surface area contributed by atoms with Crippen LogP contribution >= 0.6 is 11.6 Å². The first-order chi connectivity index (χ1) is 17.5. The molecule has 0 heterocycles. The van der Waals surface area contributed by atoms with E-state index in [0.29, 0.717) is 35.8 Å². The number of hydrogen-bond acceptors (Lipinski definition) is 5. The summed E-state index contributed by atoms with van der Waals surface area (Å²) in [6.45, 7) is 6.78. The van der Waals surface area contributed by atoms with Crippen LogP contribution in [0.4, 0.5) is 5.69 Å². The lowest BCUT2D eigenvalue weighted by Gasteiger charge is -2.31. The zero-order valence-electron chi connectivity index (χ0n) is 22.2. The number of ether oxygens (including phenoxy) is 1. The molecule has 2 rings (SSSR count). The molecular weight excluding hydrogens is 514 g/mol. The minimum atomic E-state index is -3.57. The van der Waals surface area contributed by atoms with Gasteiger partial charge < -0.3 is 15.0 Å². The van der Waals surface area contributed by atoms with Gasteiger partial charge in [0.15, 0.2) is 0 Å². The van der Waals surface area contributed by atoms with Crippen molar-refractivity contribution < 1.29 is 22.7 Å². The summed E-state index contributed by atoms with van der Waals surface area (Å²) in [5, 5.41) is 3.52. The second-order valence-corrected chi connectivity index (χ2v) is 11.7. The number of benzene rings is 2. The topological polar surface area (TPSA) is 96.0 Å². The number of anilines is 1. The first kappa shape index (κ1) is 30.4. The number of sulfonamides is 1.